The van der Waals surface area contributed by atoms with Gasteiger partial charge in [0.25, 0.3) is 0 Å². The number of fused-ring (bicyclic) bond motifs is 1. The molecule has 28 heavy (non-hydrogen) atoms. The van der Waals surface area contributed by atoms with E-state index in [1.54, 1.807) is 4.57 Å². The summed E-state index contributed by atoms with van der Waals surface area (Å²) in [7, 11) is -2.56. The third-order valence-electron chi connectivity index (χ3n) is 4.30. The van der Waals surface area contributed by atoms with Gasteiger partial charge < -0.3 is 10.5 Å². The van der Waals surface area contributed by atoms with Crippen LogP contribution in [-0.4, -0.2) is 30.1 Å². The number of nitrogen functional groups attached to an aromatic ring is 1. The smallest absolute Gasteiger partial charge is 0.212 e. The van der Waals surface area contributed by atoms with E-state index in [1.165, 1.54) is 37.7 Å². The molecule has 142 valence electrons. The number of hydrogen-bond donors (Lipinski definition) is 1. The fourth-order valence-corrected chi connectivity index (χ4v) is 4.87. The molecule has 0 aliphatic rings. The fourth-order valence-electron chi connectivity index (χ4n) is 3.03. The number of anilines is 1. The first-order valence-corrected chi connectivity index (χ1v) is 10.1. The lowest BCUT2D eigenvalue weighted by Crippen LogP contribution is -2.07. The molecule has 0 unspecified atom stereocenters. The minimum Gasteiger partial charge on any atom is -0.495 e. The summed E-state index contributed by atoms with van der Waals surface area (Å²) in [6.07, 6.45) is 2.92. The second-order valence-electron chi connectivity index (χ2n) is 5.91. The molecule has 0 fully saturated rings. The van der Waals surface area contributed by atoms with Crippen LogP contribution in [0, 0.1) is 0 Å². The number of hydrogen-bond acceptors (Lipinski definition) is 6. The molecule has 4 rings (SSSR count). The average molecular weight is 415 g/mol. The summed E-state index contributed by atoms with van der Waals surface area (Å²) >= 11 is 6.13. The molecule has 2 N–H and O–H groups in total. The number of para-hydroxylation sites is 1. The van der Waals surface area contributed by atoms with Crippen LogP contribution < -0.4 is 10.5 Å². The van der Waals surface area contributed by atoms with E-state index < -0.39 is 9.84 Å². The van der Waals surface area contributed by atoms with E-state index in [4.69, 9.17) is 22.1 Å². The first-order chi connectivity index (χ1) is 13.4. The fraction of sp³-hybridized carbons (Fsp3) is 0.0526. The van der Waals surface area contributed by atoms with Gasteiger partial charge in [0.05, 0.1) is 17.0 Å². The summed E-state index contributed by atoms with van der Waals surface area (Å²) in [6, 6.07) is 13.4. The van der Waals surface area contributed by atoms with Crippen molar-refractivity contribution in [3.8, 4) is 11.4 Å². The maximum atomic E-state index is 13.4. The quantitative estimate of drug-likeness (QED) is 0.548. The van der Waals surface area contributed by atoms with Gasteiger partial charge in [0.1, 0.15) is 22.0 Å². The molecule has 7 nitrogen and oxygen atoms in total. The van der Waals surface area contributed by atoms with E-state index in [-0.39, 0.29) is 26.1 Å². The number of rotatable bonds is 4. The highest BCUT2D eigenvalue weighted by Gasteiger charge is 2.30. The lowest BCUT2D eigenvalue weighted by molar-refractivity contribution is 0.414. The molecule has 4 aromatic rings. The van der Waals surface area contributed by atoms with E-state index in [0.29, 0.717) is 17.1 Å². The van der Waals surface area contributed by atoms with Gasteiger partial charge in [0.2, 0.25) is 9.84 Å². The topological polar surface area (TPSA) is 100 Å². The van der Waals surface area contributed by atoms with Gasteiger partial charge in [-0.1, -0.05) is 29.8 Å². The molecule has 0 atom stereocenters. The normalized spacial score (nSPS) is 11.6. The van der Waals surface area contributed by atoms with Crippen molar-refractivity contribution < 1.29 is 13.2 Å². The number of nitrogens with zero attached hydrogens (tertiary/aromatic N) is 3. The van der Waals surface area contributed by atoms with Crippen LogP contribution >= 0.6 is 11.6 Å². The molecule has 0 aliphatic carbocycles. The molecule has 0 bridgehead atoms. The molecule has 0 radical (unpaired) electrons. The molecule has 9 heteroatoms. The van der Waals surface area contributed by atoms with Crippen molar-refractivity contribution in [2.45, 2.75) is 9.79 Å². The first-order valence-electron chi connectivity index (χ1n) is 8.20. The van der Waals surface area contributed by atoms with Crippen molar-refractivity contribution in [1.29, 1.82) is 0 Å². The minimum atomic E-state index is -4.02. The van der Waals surface area contributed by atoms with Crippen molar-refractivity contribution in [2.24, 2.45) is 0 Å². The average Bonchev–Trinajstić information content (AvgIpc) is 3.01. The molecule has 2 heterocycles. The Balaban J connectivity index is 2.02. The summed E-state index contributed by atoms with van der Waals surface area (Å²) in [5.74, 6) is 0.402. The van der Waals surface area contributed by atoms with Crippen molar-refractivity contribution >= 4 is 38.4 Å². The molecule has 0 aliphatic heterocycles. The summed E-state index contributed by atoms with van der Waals surface area (Å²) < 4.78 is 33.5. The van der Waals surface area contributed by atoms with Crippen LogP contribution in [0.1, 0.15) is 0 Å². The number of ether oxygens (including phenoxy) is 1. The highest BCUT2D eigenvalue weighted by Crippen LogP contribution is 2.37. The third kappa shape index (κ3) is 2.78. The van der Waals surface area contributed by atoms with Crippen LogP contribution in [0.4, 0.5) is 5.82 Å². The Kier molecular flexibility index (Phi) is 4.44. The highest BCUT2D eigenvalue weighted by atomic mass is 35.5. The van der Waals surface area contributed by atoms with E-state index in [1.807, 2.05) is 30.3 Å². The number of aromatic nitrogens is 3. The van der Waals surface area contributed by atoms with Gasteiger partial charge in [-0.25, -0.2) is 18.4 Å². The number of methoxy groups -OCH3 is 1. The van der Waals surface area contributed by atoms with Gasteiger partial charge in [0, 0.05) is 18.1 Å². The van der Waals surface area contributed by atoms with Gasteiger partial charge in [-0.05, 0) is 30.3 Å². The predicted octanol–water partition coefficient (Wildman–Crippen LogP) is 3.50. The molecule has 0 amide bonds. The van der Waals surface area contributed by atoms with Crippen molar-refractivity contribution in [3.05, 3.63) is 65.9 Å². The molecular weight excluding hydrogens is 400 g/mol. The number of benzene rings is 2. The Morgan fingerprint density at radius 3 is 2.46 bits per heavy atom. The Bertz CT molecular complexity index is 1290. The molecule has 2 aromatic carbocycles. The predicted molar refractivity (Wildman–Crippen MR) is 107 cm³/mol. The monoisotopic (exact) mass is 414 g/mol. The van der Waals surface area contributed by atoms with Crippen LogP contribution in [0.15, 0.2) is 70.7 Å². The zero-order chi connectivity index (χ0) is 19.9. The van der Waals surface area contributed by atoms with Gasteiger partial charge in [0.15, 0.2) is 5.65 Å². The van der Waals surface area contributed by atoms with E-state index >= 15 is 0 Å². The van der Waals surface area contributed by atoms with E-state index in [0.717, 1.165) is 0 Å². The summed E-state index contributed by atoms with van der Waals surface area (Å²) in [6.45, 7) is 0. The first kappa shape index (κ1) is 18.3. The Morgan fingerprint density at radius 2 is 1.79 bits per heavy atom. The van der Waals surface area contributed by atoms with Gasteiger partial charge in [-0.2, -0.15) is 0 Å². The standard InChI is InChI=1S/C19H15ClN4O3S/c1-27-15-8-7-13(11-14(15)20)28(25,26)17-16-19(23-10-9-22-16)24(18(17)21)12-5-3-2-4-6-12/h2-11H,21H2,1H3. The number of nitrogens with two attached hydrogens (primary N) is 1. The zero-order valence-electron chi connectivity index (χ0n) is 14.7. The van der Waals surface area contributed by atoms with Gasteiger partial charge >= 0.3 is 0 Å². The second kappa shape index (κ2) is 6.81. The Morgan fingerprint density at radius 1 is 1.07 bits per heavy atom. The molecular formula is C19H15ClN4O3S. The van der Waals surface area contributed by atoms with Crippen molar-refractivity contribution in [3.63, 3.8) is 0 Å². The number of halogens is 1. The van der Waals surface area contributed by atoms with Gasteiger partial charge in [-0.15, -0.1) is 0 Å². The zero-order valence-corrected chi connectivity index (χ0v) is 16.3. The molecule has 0 spiro atoms. The number of sulfone groups is 1. The van der Waals surface area contributed by atoms with Crippen LogP contribution in [0.2, 0.25) is 5.02 Å². The molecule has 0 saturated heterocycles. The molecule has 2 aromatic heterocycles. The van der Waals surface area contributed by atoms with Crippen molar-refractivity contribution in [2.75, 3.05) is 12.8 Å². The Hall–Kier alpha value is -3.10. The minimum absolute atomic E-state index is 0.0113. The van der Waals surface area contributed by atoms with Crippen molar-refractivity contribution in [1.82, 2.24) is 14.5 Å². The van der Waals surface area contributed by atoms with Crippen LogP contribution in [0.3, 0.4) is 0 Å². The maximum Gasteiger partial charge on any atom is 0.212 e. The SMILES string of the molecule is COc1ccc(S(=O)(=O)c2c(N)n(-c3ccccc3)c3nccnc23)cc1Cl. The summed E-state index contributed by atoms with van der Waals surface area (Å²) in [4.78, 5) is 8.42. The molecule has 0 saturated carbocycles. The largest absolute Gasteiger partial charge is 0.495 e. The van der Waals surface area contributed by atoms with Gasteiger partial charge in [-0.3, -0.25) is 4.57 Å². The highest BCUT2D eigenvalue weighted by molar-refractivity contribution is 7.92. The summed E-state index contributed by atoms with van der Waals surface area (Å²) in [5, 5.41) is 0.181. The maximum absolute atomic E-state index is 13.4. The van der Waals surface area contributed by atoms with Crippen LogP contribution in [-0.2, 0) is 9.84 Å². The Labute approximate surface area is 166 Å². The van der Waals surface area contributed by atoms with E-state index in [2.05, 4.69) is 9.97 Å². The third-order valence-corrected chi connectivity index (χ3v) is 6.41. The van der Waals surface area contributed by atoms with Crippen LogP contribution in [0.5, 0.6) is 5.75 Å². The van der Waals surface area contributed by atoms with E-state index in [9.17, 15) is 8.42 Å². The van der Waals surface area contributed by atoms with Crippen LogP contribution in [0.25, 0.3) is 16.9 Å². The summed E-state index contributed by atoms with van der Waals surface area (Å²) in [5.41, 5.74) is 7.53. The lowest BCUT2D eigenvalue weighted by Gasteiger charge is -2.09. The second-order valence-corrected chi connectivity index (χ2v) is 8.21. The lowest BCUT2D eigenvalue weighted by atomic mass is 10.3.